The Kier molecular flexibility index (Phi) is 1.90. The van der Waals surface area contributed by atoms with Crippen molar-refractivity contribution >= 4 is 0 Å². The van der Waals surface area contributed by atoms with E-state index in [1.165, 1.54) is 11.3 Å². The van der Waals surface area contributed by atoms with Crippen LogP contribution in [0.1, 0.15) is 18.2 Å². The maximum atomic E-state index is 5.45. The Morgan fingerprint density at radius 3 is 2.89 bits per heavy atom. The number of H-pyrrole nitrogens is 1. The van der Waals surface area contributed by atoms with E-state index in [1.807, 2.05) is 12.3 Å². The molecule has 1 rings (SSSR count). The Hall–Kier alpha value is -0.760. The molecular formula is C7H12N2. The van der Waals surface area contributed by atoms with Gasteiger partial charge in [-0.25, -0.2) is 0 Å². The molecule has 0 spiro atoms. The molecule has 0 bridgehead atoms. The van der Waals surface area contributed by atoms with Crippen LogP contribution in [0.2, 0.25) is 0 Å². The highest BCUT2D eigenvalue weighted by atomic mass is 14.7. The predicted molar refractivity (Wildman–Crippen MR) is 38.1 cm³/mol. The molecule has 0 aliphatic heterocycles. The van der Waals surface area contributed by atoms with Crippen molar-refractivity contribution < 1.29 is 0 Å². The fourth-order valence-corrected chi connectivity index (χ4v) is 0.957. The van der Waals surface area contributed by atoms with Crippen LogP contribution in [-0.2, 0) is 13.0 Å². The summed E-state index contributed by atoms with van der Waals surface area (Å²) in [5.74, 6) is 0. The summed E-state index contributed by atoms with van der Waals surface area (Å²) in [6.45, 7) is 2.76. The Bertz CT molecular complexity index is 160. The monoisotopic (exact) mass is 124 g/mol. The van der Waals surface area contributed by atoms with Crippen molar-refractivity contribution in [2.24, 2.45) is 5.73 Å². The predicted octanol–water partition coefficient (Wildman–Crippen LogP) is 1.04. The molecule has 50 valence electrons. The molecule has 0 amide bonds. The van der Waals surface area contributed by atoms with Crippen molar-refractivity contribution in [2.75, 3.05) is 0 Å². The minimum Gasteiger partial charge on any atom is -0.365 e. The Morgan fingerprint density at radius 1 is 1.67 bits per heavy atom. The molecule has 1 aromatic heterocycles. The fourth-order valence-electron chi connectivity index (χ4n) is 0.957. The molecule has 0 saturated heterocycles. The largest absolute Gasteiger partial charge is 0.365 e. The minimum absolute atomic E-state index is 0.646. The van der Waals surface area contributed by atoms with E-state index in [-0.39, 0.29) is 0 Å². The van der Waals surface area contributed by atoms with Crippen LogP contribution >= 0.6 is 0 Å². The highest BCUT2D eigenvalue weighted by Crippen LogP contribution is 2.04. The van der Waals surface area contributed by atoms with Crippen LogP contribution in [0.4, 0.5) is 0 Å². The average Bonchev–Trinajstić information content (AvgIpc) is 2.33. The number of hydrogen-bond donors (Lipinski definition) is 2. The second kappa shape index (κ2) is 2.69. The van der Waals surface area contributed by atoms with E-state index in [0.29, 0.717) is 6.54 Å². The van der Waals surface area contributed by atoms with Crippen molar-refractivity contribution in [3.63, 3.8) is 0 Å². The molecule has 9 heavy (non-hydrogen) atoms. The number of hydrogen-bond acceptors (Lipinski definition) is 1. The number of nitrogens with one attached hydrogen (secondary N) is 1. The van der Waals surface area contributed by atoms with Crippen LogP contribution in [0, 0.1) is 0 Å². The van der Waals surface area contributed by atoms with Crippen LogP contribution < -0.4 is 5.73 Å². The summed E-state index contributed by atoms with van der Waals surface area (Å²) in [5.41, 5.74) is 7.95. The van der Waals surface area contributed by atoms with Crippen molar-refractivity contribution in [3.8, 4) is 0 Å². The van der Waals surface area contributed by atoms with Crippen LogP contribution in [-0.4, -0.2) is 4.98 Å². The van der Waals surface area contributed by atoms with Gasteiger partial charge in [-0.1, -0.05) is 6.92 Å². The van der Waals surface area contributed by atoms with Gasteiger partial charge in [0.05, 0.1) is 0 Å². The first kappa shape index (κ1) is 6.36. The normalized spacial score (nSPS) is 10.0. The molecule has 0 fully saturated rings. The lowest BCUT2D eigenvalue weighted by atomic mass is 10.2. The molecule has 3 N–H and O–H groups in total. The van der Waals surface area contributed by atoms with E-state index >= 15 is 0 Å². The van der Waals surface area contributed by atoms with Gasteiger partial charge in [0, 0.05) is 18.4 Å². The van der Waals surface area contributed by atoms with Gasteiger partial charge in [0.25, 0.3) is 0 Å². The van der Waals surface area contributed by atoms with Gasteiger partial charge in [-0.3, -0.25) is 0 Å². The highest BCUT2D eigenvalue weighted by molar-refractivity contribution is 5.19. The van der Waals surface area contributed by atoms with Gasteiger partial charge < -0.3 is 10.7 Å². The lowest BCUT2D eigenvalue weighted by Gasteiger charge is -1.94. The van der Waals surface area contributed by atoms with E-state index in [0.717, 1.165) is 6.42 Å². The molecule has 0 aliphatic carbocycles. The van der Waals surface area contributed by atoms with E-state index in [9.17, 15) is 0 Å². The first-order valence-corrected chi connectivity index (χ1v) is 3.23. The zero-order valence-corrected chi connectivity index (χ0v) is 5.65. The molecule has 0 radical (unpaired) electrons. The zero-order valence-electron chi connectivity index (χ0n) is 5.65. The number of rotatable bonds is 2. The van der Waals surface area contributed by atoms with Gasteiger partial charge in [-0.05, 0) is 18.1 Å². The smallest absolute Gasteiger partial charge is 0.0196 e. The first-order chi connectivity index (χ1) is 4.38. The third-order valence-electron chi connectivity index (χ3n) is 1.50. The molecule has 0 atom stereocenters. The fraction of sp³-hybridized carbons (Fsp3) is 0.429. The summed E-state index contributed by atoms with van der Waals surface area (Å²) in [7, 11) is 0. The molecule has 2 nitrogen and oxygen atoms in total. The molecule has 0 aromatic carbocycles. The SMILES string of the molecule is CCc1[nH]ccc1CN. The van der Waals surface area contributed by atoms with Crippen LogP contribution in [0.5, 0.6) is 0 Å². The molecule has 0 aliphatic rings. The minimum atomic E-state index is 0.646. The molecule has 2 heteroatoms. The van der Waals surface area contributed by atoms with Crippen molar-refractivity contribution in [1.82, 2.24) is 4.98 Å². The standard InChI is InChI=1S/C7H12N2/c1-2-7-6(5-8)3-4-9-7/h3-4,9H,2,5,8H2,1H3. The highest BCUT2D eigenvalue weighted by Gasteiger charge is 1.96. The van der Waals surface area contributed by atoms with E-state index in [4.69, 9.17) is 5.73 Å². The number of aromatic nitrogens is 1. The number of nitrogens with two attached hydrogens (primary N) is 1. The van der Waals surface area contributed by atoms with Gasteiger partial charge >= 0.3 is 0 Å². The Labute approximate surface area is 55.1 Å². The quantitative estimate of drug-likeness (QED) is 0.607. The third kappa shape index (κ3) is 1.13. The number of aromatic amines is 1. The van der Waals surface area contributed by atoms with E-state index in [2.05, 4.69) is 11.9 Å². The number of aryl methyl sites for hydroxylation is 1. The van der Waals surface area contributed by atoms with Crippen LogP contribution in [0.25, 0.3) is 0 Å². The summed E-state index contributed by atoms with van der Waals surface area (Å²) < 4.78 is 0. The van der Waals surface area contributed by atoms with Gasteiger partial charge in [0.15, 0.2) is 0 Å². The van der Waals surface area contributed by atoms with E-state index < -0.39 is 0 Å². The third-order valence-corrected chi connectivity index (χ3v) is 1.50. The molecule has 0 saturated carbocycles. The van der Waals surface area contributed by atoms with Crippen molar-refractivity contribution in [2.45, 2.75) is 19.9 Å². The van der Waals surface area contributed by atoms with Crippen molar-refractivity contribution in [1.29, 1.82) is 0 Å². The van der Waals surface area contributed by atoms with Crippen LogP contribution in [0.3, 0.4) is 0 Å². The lowest BCUT2D eigenvalue weighted by molar-refractivity contribution is 0.980. The summed E-state index contributed by atoms with van der Waals surface area (Å²) in [5, 5.41) is 0. The molecule has 0 unspecified atom stereocenters. The molecule has 1 heterocycles. The van der Waals surface area contributed by atoms with Crippen molar-refractivity contribution in [3.05, 3.63) is 23.5 Å². The molecule has 1 aromatic rings. The van der Waals surface area contributed by atoms with Gasteiger partial charge in [-0.2, -0.15) is 0 Å². The topological polar surface area (TPSA) is 41.8 Å². The Balaban J connectivity index is 2.85. The lowest BCUT2D eigenvalue weighted by Crippen LogP contribution is -1.97. The van der Waals surface area contributed by atoms with Crippen LogP contribution in [0.15, 0.2) is 12.3 Å². The average molecular weight is 124 g/mol. The van der Waals surface area contributed by atoms with Gasteiger partial charge in [0.1, 0.15) is 0 Å². The molecular weight excluding hydrogens is 112 g/mol. The second-order valence-electron chi connectivity index (χ2n) is 2.04. The maximum absolute atomic E-state index is 5.45. The van der Waals surface area contributed by atoms with Gasteiger partial charge in [0.2, 0.25) is 0 Å². The maximum Gasteiger partial charge on any atom is 0.0196 e. The summed E-state index contributed by atoms with van der Waals surface area (Å²) in [6, 6.07) is 2.03. The summed E-state index contributed by atoms with van der Waals surface area (Å²) >= 11 is 0. The Morgan fingerprint density at radius 2 is 2.44 bits per heavy atom. The summed E-state index contributed by atoms with van der Waals surface area (Å²) in [4.78, 5) is 3.13. The van der Waals surface area contributed by atoms with E-state index in [1.54, 1.807) is 0 Å². The summed E-state index contributed by atoms with van der Waals surface area (Å²) in [6.07, 6.45) is 2.97. The second-order valence-corrected chi connectivity index (χ2v) is 2.04. The van der Waals surface area contributed by atoms with Gasteiger partial charge in [-0.15, -0.1) is 0 Å². The first-order valence-electron chi connectivity index (χ1n) is 3.23. The zero-order chi connectivity index (χ0) is 6.69.